The van der Waals surface area contributed by atoms with Crippen molar-refractivity contribution in [2.75, 3.05) is 0 Å². The summed E-state index contributed by atoms with van der Waals surface area (Å²) in [5.41, 5.74) is 1.35. The average molecular weight is 299 g/mol. The van der Waals surface area contributed by atoms with Gasteiger partial charge in [0.25, 0.3) is 0 Å². The summed E-state index contributed by atoms with van der Waals surface area (Å²) in [5, 5.41) is 0.631. The maximum atomic E-state index is 12.9. The molecular formula is C18H15ClO2. The van der Waals surface area contributed by atoms with E-state index >= 15 is 0 Å². The third kappa shape index (κ3) is 1.93. The molecule has 3 heteroatoms. The fourth-order valence-electron chi connectivity index (χ4n) is 4.08. The van der Waals surface area contributed by atoms with Crippen LogP contribution in [0.5, 0.6) is 0 Å². The molecule has 4 unspecified atom stereocenters. The van der Waals surface area contributed by atoms with E-state index in [2.05, 4.69) is 12.2 Å². The molecule has 2 bridgehead atoms. The van der Waals surface area contributed by atoms with E-state index in [1.807, 2.05) is 12.1 Å². The second-order valence-electron chi connectivity index (χ2n) is 6.17. The Balaban J connectivity index is 1.78. The molecule has 0 heterocycles. The van der Waals surface area contributed by atoms with Gasteiger partial charge in [-0.25, -0.2) is 0 Å². The third-order valence-electron chi connectivity index (χ3n) is 5.09. The van der Waals surface area contributed by atoms with E-state index in [9.17, 15) is 9.59 Å². The fraction of sp³-hybridized carbons (Fsp3) is 0.333. The first-order chi connectivity index (χ1) is 10.1. The Morgan fingerprint density at radius 1 is 0.905 bits per heavy atom. The van der Waals surface area contributed by atoms with E-state index in [-0.39, 0.29) is 35.2 Å². The third-order valence-corrected chi connectivity index (χ3v) is 5.34. The van der Waals surface area contributed by atoms with Crippen LogP contribution in [0, 0.1) is 23.7 Å². The highest BCUT2D eigenvalue weighted by Crippen LogP contribution is 2.49. The number of halogens is 1. The van der Waals surface area contributed by atoms with Gasteiger partial charge < -0.3 is 0 Å². The number of rotatable bonds is 1. The summed E-state index contributed by atoms with van der Waals surface area (Å²) < 4.78 is 0. The molecule has 0 aromatic heterocycles. The van der Waals surface area contributed by atoms with Gasteiger partial charge in [-0.3, -0.25) is 9.59 Å². The summed E-state index contributed by atoms with van der Waals surface area (Å²) in [4.78, 5) is 25.4. The van der Waals surface area contributed by atoms with Crippen molar-refractivity contribution in [3.63, 3.8) is 0 Å². The first-order valence-corrected chi connectivity index (χ1v) is 7.77. The van der Waals surface area contributed by atoms with Crippen LogP contribution in [0.2, 0.25) is 5.02 Å². The van der Waals surface area contributed by atoms with Gasteiger partial charge >= 0.3 is 0 Å². The van der Waals surface area contributed by atoms with Gasteiger partial charge in [0.1, 0.15) is 0 Å². The number of benzene rings is 1. The number of fused-ring (bicyclic) bond motifs is 1. The molecule has 1 saturated carbocycles. The van der Waals surface area contributed by atoms with E-state index in [1.165, 1.54) is 0 Å². The van der Waals surface area contributed by atoms with E-state index in [0.717, 1.165) is 18.4 Å². The Morgan fingerprint density at radius 2 is 1.52 bits per heavy atom. The molecule has 1 aromatic rings. The zero-order chi connectivity index (χ0) is 14.6. The molecule has 106 valence electrons. The minimum absolute atomic E-state index is 0.114. The summed E-state index contributed by atoms with van der Waals surface area (Å²) in [7, 11) is 0. The summed E-state index contributed by atoms with van der Waals surface area (Å²) in [6, 6.07) is 7.15. The van der Waals surface area contributed by atoms with Crippen LogP contribution in [0.1, 0.15) is 18.4 Å². The van der Waals surface area contributed by atoms with Crippen molar-refractivity contribution < 1.29 is 9.59 Å². The maximum absolute atomic E-state index is 12.9. The standard InChI is InChI=1S/C18H15ClO2/c19-13-7-5-10(6-8-13)14-9-15(20)16-11-1-3-12(4-2-11)17(16)18(14)21/h1,3,5-9,11-12,16-17H,2,4H2. The molecule has 0 radical (unpaired) electrons. The van der Waals surface area contributed by atoms with Gasteiger partial charge in [0.15, 0.2) is 11.6 Å². The number of hydrogen-bond donors (Lipinski definition) is 0. The van der Waals surface area contributed by atoms with Crippen LogP contribution >= 0.6 is 11.6 Å². The minimum atomic E-state index is -0.156. The smallest absolute Gasteiger partial charge is 0.168 e. The number of allylic oxidation sites excluding steroid dienone is 4. The first kappa shape index (κ1) is 13.0. The Kier molecular flexibility index (Phi) is 2.90. The van der Waals surface area contributed by atoms with E-state index in [1.54, 1.807) is 18.2 Å². The lowest BCUT2D eigenvalue weighted by Gasteiger charge is -2.45. The Labute approximate surface area is 128 Å². The summed E-state index contributed by atoms with van der Waals surface area (Å²) in [6.07, 6.45) is 7.90. The van der Waals surface area contributed by atoms with Crippen LogP contribution in [0.15, 0.2) is 42.5 Å². The van der Waals surface area contributed by atoms with E-state index < -0.39 is 0 Å². The van der Waals surface area contributed by atoms with Gasteiger partial charge in [0.2, 0.25) is 0 Å². The van der Waals surface area contributed by atoms with Gasteiger partial charge in [0.05, 0.1) is 0 Å². The van der Waals surface area contributed by atoms with Crippen LogP contribution in [-0.4, -0.2) is 11.6 Å². The van der Waals surface area contributed by atoms with Crippen molar-refractivity contribution in [1.29, 1.82) is 0 Å². The lowest BCUT2D eigenvalue weighted by Crippen LogP contribution is -2.47. The Bertz CT molecular complexity index is 684. The van der Waals surface area contributed by atoms with Crippen molar-refractivity contribution in [1.82, 2.24) is 0 Å². The van der Waals surface area contributed by atoms with E-state index in [0.29, 0.717) is 10.6 Å². The molecule has 0 aliphatic heterocycles. The molecule has 4 atom stereocenters. The fourth-order valence-corrected chi connectivity index (χ4v) is 4.21. The molecule has 2 nitrogen and oxygen atoms in total. The van der Waals surface area contributed by atoms with Crippen molar-refractivity contribution in [2.24, 2.45) is 23.7 Å². The molecule has 5 rings (SSSR count). The van der Waals surface area contributed by atoms with Crippen molar-refractivity contribution >= 4 is 28.7 Å². The van der Waals surface area contributed by atoms with Crippen molar-refractivity contribution in [3.05, 3.63) is 53.1 Å². The van der Waals surface area contributed by atoms with Crippen molar-refractivity contribution in [2.45, 2.75) is 12.8 Å². The Hall–Kier alpha value is -1.67. The second-order valence-corrected chi connectivity index (χ2v) is 6.61. The number of carbonyl (C=O) groups excluding carboxylic acids is 2. The van der Waals surface area contributed by atoms with Crippen LogP contribution in [-0.2, 0) is 9.59 Å². The SMILES string of the molecule is O=C1C=C(c2ccc(Cl)cc2)C(=O)C2C3C=CC(CC3)C12. The molecule has 1 fully saturated rings. The van der Waals surface area contributed by atoms with Crippen LogP contribution in [0.3, 0.4) is 0 Å². The number of carbonyl (C=O) groups is 2. The van der Waals surface area contributed by atoms with E-state index in [4.69, 9.17) is 11.6 Å². The average Bonchev–Trinajstić information content (AvgIpc) is 2.52. The lowest BCUT2D eigenvalue weighted by atomic mass is 9.57. The maximum Gasteiger partial charge on any atom is 0.168 e. The highest BCUT2D eigenvalue weighted by atomic mass is 35.5. The molecule has 0 saturated heterocycles. The zero-order valence-corrected chi connectivity index (χ0v) is 12.2. The number of ketones is 2. The molecule has 0 amide bonds. The van der Waals surface area contributed by atoms with Gasteiger partial charge in [-0.1, -0.05) is 35.9 Å². The minimum Gasteiger partial charge on any atom is -0.294 e. The molecular weight excluding hydrogens is 284 g/mol. The lowest BCUT2D eigenvalue weighted by molar-refractivity contribution is -0.133. The molecule has 0 spiro atoms. The zero-order valence-electron chi connectivity index (χ0n) is 11.5. The largest absolute Gasteiger partial charge is 0.294 e. The monoisotopic (exact) mass is 298 g/mol. The van der Waals surface area contributed by atoms with Gasteiger partial charge in [0, 0.05) is 22.4 Å². The Morgan fingerprint density at radius 3 is 2.14 bits per heavy atom. The van der Waals surface area contributed by atoms with Crippen molar-refractivity contribution in [3.8, 4) is 0 Å². The van der Waals surface area contributed by atoms with Crippen LogP contribution in [0.25, 0.3) is 5.57 Å². The van der Waals surface area contributed by atoms with Crippen LogP contribution < -0.4 is 0 Å². The molecule has 0 N–H and O–H groups in total. The highest BCUT2D eigenvalue weighted by Gasteiger charge is 2.50. The van der Waals surface area contributed by atoms with Gasteiger partial charge in [-0.15, -0.1) is 0 Å². The molecule has 4 aliphatic carbocycles. The summed E-state index contributed by atoms with van der Waals surface area (Å²) in [5.74, 6) is 0.436. The first-order valence-electron chi connectivity index (χ1n) is 7.39. The second kappa shape index (κ2) is 4.67. The quantitative estimate of drug-likeness (QED) is 0.741. The van der Waals surface area contributed by atoms with Gasteiger partial charge in [-0.05, 0) is 48.4 Å². The number of hydrogen-bond acceptors (Lipinski definition) is 2. The number of Topliss-reactive ketones (excluding diaryl/α,β-unsaturated/α-hetero) is 1. The van der Waals surface area contributed by atoms with Crippen LogP contribution in [0.4, 0.5) is 0 Å². The molecule has 21 heavy (non-hydrogen) atoms. The predicted octanol–water partition coefficient (Wildman–Crippen LogP) is 3.70. The normalized spacial score (nSPS) is 33.9. The van der Waals surface area contributed by atoms with Gasteiger partial charge in [-0.2, -0.15) is 0 Å². The summed E-state index contributed by atoms with van der Waals surface area (Å²) in [6.45, 7) is 0. The topological polar surface area (TPSA) is 34.1 Å². The molecule has 4 aliphatic rings. The predicted molar refractivity (Wildman–Crippen MR) is 81.8 cm³/mol. The summed E-state index contributed by atoms with van der Waals surface area (Å²) >= 11 is 5.90. The molecule has 1 aromatic carbocycles. The highest BCUT2D eigenvalue weighted by molar-refractivity contribution is 6.31.